The van der Waals surface area contributed by atoms with Crippen LogP contribution in [0.5, 0.6) is 0 Å². The Morgan fingerprint density at radius 2 is 2.26 bits per heavy atom. The molecule has 1 fully saturated rings. The van der Waals surface area contributed by atoms with Crippen LogP contribution in [-0.4, -0.2) is 54.1 Å². The number of likely N-dealkylation sites (tertiary alicyclic amines) is 1. The molecule has 0 bridgehead atoms. The van der Waals surface area contributed by atoms with Crippen molar-refractivity contribution in [2.24, 2.45) is 5.92 Å². The van der Waals surface area contributed by atoms with E-state index in [-0.39, 0.29) is 12.5 Å². The number of likely N-dealkylation sites (N-methyl/N-ethyl adjacent to an activating group) is 1. The molecule has 1 amide bonds. The zero-order valence-electron chi connectivity index (χ0n) is 11.4. The third kappa shape index (κ3) is 4.30. The first kappa shape index (κ1) is 14.5. The van der Waals surface area contributed by atoms with Gasteiger partial charge in [-0.15, -0.1) is 11.3 Å². The van der Waals surface area contributed by atoms with Crippen molar-refractivity contribution in [1.82, 2.24) is 9.80 Å². The Morgan fingerprint density at radius 3 is 2.84 bits per heavy atom. The van der Waals surface area contributed by atoms with Crippen molar-refractivity contribution >= 4 is 17.2 Å². The molecule has 106 valence electrons. The molecular formula is C14H22N2O2S. The van der Waals surface area contributed by atoms with E-state index in [1.807, 2.05) is 18.5 Å². The number of hydrogen-bond acceptors (Lipinski definition) is 4. The van der Waals surface area contributed by atoms with E-state index < -0.39 is 0 Å². The quantitative estimate of drug-likeness (QED) is 0.888. The van der Waals surface area contributed by atoms with E-state index in [0.717, 1.165) is 25.9 Å². The van der Waals surface area contributed by atoms with Crippen LogP contribution in [0.3, 0.4) is 0 Å². The maximum Gasteiger partial charge on any atom is 0.236 e. The molecule has 0 spiro atoms. The second-order valence-corrected chi connectivity index (χ2v) is 6.26. The van der Waals surface area contributed by atoms with Crippen LogP contribution in [-0.2, 0) is 11.3 Å². The van der Waals surface area contributed by atoms with E-state index in [0.29, 0.717) is 19.0 Å². The lowest BCUT2D eigenvalue weighted by Crippen LogP contribution is -2.42. The average molecular weight is 282 g/mol. The number of nitrogens with zero attached hydrogens (tertiary/aromatic N) is 2. The fourth-order valence-electron chi connectivity index (χ4n) is 2.36. The zero-order valence-corrected chi connectivity index (χ0v) is 12.2. The number of hydrogen-bond donors (Lipinski definition) is 1. The molecule has 0 saturated carbocycles. The highest BCUT2D eigenvalue weighted by molar-refractivity contribution is 7.09. The Labute approximate surface area is 118 Å². The van der Waals surface area contributed by atoms with Gasteiger partial charge in [0.2, 0.25) is 5.91 Å². The standard InChI is InChI=1S/C14H22N2O2S/c1-15(9-13-3-2-8-19-13)14(18)10-16-6-4-12(11-17)5-7-16/h2-3,8,12,17H,4-7,9-11H2,1H3. The Balaban J connectivity index is 1.74. The molecule has 1 aromatic heterocycles. The predicted octanol–water partition coefficient (Wildman–Crippen LogP) is 1.41. The molecule has 1 saturated heterocycles. The average Bonchev–Trinajstić information content (AvgIpc) is 2.92. The van der Waals surface area contributed by atoms with Gasteiger partial charge < -0.3 is 10.0 Å². The smallest absolute Gasteiger partial charge is 0.236 e. The van der Waals surface area contributed by atoms with Crippen molar-refractivity contribution in [2.75, 3.05) is 33.3 Å². The fourth-order valence-corrected chi connectivity index (χ4v) is 3.12. The van der Waals surface area contributed by atoms with Crippen molar-refractivity contribution < 1.29 is 9.90 Å². The van der Waals surface area contributed by atoms with Crippen LogP contribution >= 0.6 is 11.3 Å². The first-order valence-electron chi connectivity index (χ1n) is 6.78. The maximum atomic E-state index is 12.1. The Morgan fingerprint density at radius 1 is 1.53 bits per heavy atom. The first-order valence-corrected chi connectivity index (χ1v) is 7.66. The van der Waals surface area contributed by atoms with Crippen LogP contribution in [0.15, 0.2) is 17.5 Å². The topological polar surface area (TPSA) is 43.8 Å². The van der Waals surface area contributed by atoms with E-state index in [4.69, 9.17) is 5.11 Å². The summed E-state index contributed by atoms with van der Waals surface area (Å²) < 4.78 is 0. The molecule has 1 N–H and O–H groups in total. The number of thiophene rings is 1. The molecule has 0 radical (unpaired) electrons. The number of carbonyl (C=O) groups is 1. The molecule has 0 atom stereocenters. The molecule has 1 aromatic rings. The van der Waals surface area contributed by atoms with Gasteiger partial charge in [0.1, 0.15) is 0 Å². The van der Waals surface area contributed by atoms with Gasteiger partial charge >= 0.3 is 0 Å². The van der Waals surface area contributed by atoms with Crippen molar-refractivity contribution in [3.05, 3.63) is 22.4 Å². The Kier molecular flexibility index (Phi) is 5.36. The minimum absolute atomic E-state index is 0.177. The van der Waals surface area contributed by atoms with Gasteiger partial charge in [0.05, 0.1) is 13.1 Å². The second-order valence-electron chi connectivity index (χ2n) is 5.23. The molecule has 4 nitrogen and oxygen atoms in total. The summed E-state index contributed by atoms with van der Waals surface area (Å²) in [5.41, 5.74) is 0. The van der Waals surface area contributed by atoms with Crippen molar-refractivity contribution in [1.29, 1.82) is 0 Å². The number of carbonyl (C=O) groups excluding carboxylic acids is 1. The third-order valence-electron chi connectivity index (χ3n) is 3.72. The summed E-state index contributed by atoms with van der Waals surface area (Å²) in [6.07, 6.45) is 2.00. The fraction of sp³-hybridized carbons (Fsp3) is 0.643. The second kappa shape index (κ2) is 7.03. The number of rotatable bonds is 5. The first-order chi connectivity index (χ1) is 9.19. The van der Waals surface area contributed by atoms with Gasteiger partial charge in [0, 0.05) is 18.5 Å². The lowest BCUT2D eigenvalue weighted by molar-refractivity contribution is -0.132. The van der Waals surface area contributed by atoms with Crippen molar-refractivity contribution in [2.45, 2.75) is 19.4 Å². The number of aliphatic hydroxyl groups excluding tert-OH is 1. The van der Waals surface area contributed by atoms with E-state index in [1.54, 1.807) is 16.2 Å². The number of amides is 1. The van der Waals surface area contributed by atoms with Crippen LogP contribution in [0.2, 0.25) is 0 Å². The van der Waals surface area contributed by atoms with E-state index in [2.05, 4.69) is 11.0 Å². The van der Waals surface area contributed by atoms with Gasteiger partial charge in [-0.25, -0.2) is 0 Å². The molecule has 1 aliphatic rings. The van der Waals surface area contributed by atoms with Crippen LogP contribution < -0.4 is 0 Å². The highest BCUT2D eigenvalue weighted by atomic mass is 32.1. The molecule has 0 aliphatic carbocycles. The maximum absolute atomic E-state index is 12.1. The van der Waals surface area contributed by atoms with Gasteiger partial charge in [-0.2, -0.15) is 0 Å². The van der Waals surface area contributed by atoms with Gasteiger partial charge in [-0.05, 0) is 43.3 Å². The van der Waals surface area contributed by atoms with Crippen molar-refractivity contribution in [3.63, 3.8) is 0 Å². The molecule has 1 aliphatic heterocycles. The van der Waals surface area contributed by atoms with Crippen LogP contribution in [0.4, 0.5) is 0 Å². The van der Waals surface area contributed by atoms with E-state index in [9.17, 15) is 4.79 Å². The third-order valence-corrected chi connectivity index (χ3v) is 4.58. The Bertz CT molecular complexity index is 386. The summed E-state index contributed by atoms with van der Waals surface area (Å²) in [5, 5.41) is 11.1. The number of piperidine rings is 1. The molecule has 0 unspecified atom stereocenters. The highest BCUT2D eigenvalue weighted by Gasteiger charge is 2.21. The van der Waals surface area contributed by atoms with Gasteiger partial charge in [0.15, 0.2) is 0 Å². The minimum Gasteiger partial charge on any atom is -0.396 e. The summed E-state index contributed by atoms with van der Waals surface area (Å²) >= 11 is 1.68. The number of aliphatic hydroxyl groups is 1. The van der Waals surface area contributed by atoms with E-state index in [1.165, 1.54) is 4.88 Å². The molecule has 5 heteroatoms. The summed E-state index contributed by atoms with van der Waals surface area (Å²) in [6, 6.07) is 4.07. The lowest BCUT2D eigenvalue weighted by atomic mass is 9.98. The normalized spacial score (nSPS) is 17.6. The van der Waals surface area contributed by atoms with E-state index >= 15 is 0 Å². The Hall–Kier alpha value is -0.910. The zero-order chi connectivity index (χ0) is 13.7. The van der Waals surface area contributed by atoms with Crippen LogP contribution in [0.25, 0.3) is 0 Å². The summed E-state index contributed by atoms with van der Waals surface area (Å²) in [7, 11) is 1.86. The molecular weight excluding hydrogens is 260 g/mol. The predicted molar refractivity (Wildman–Crippen MR) is 77.0 cm³/mol. The molecule has 19 heavy (non-hydrogen) atoms. The lowest BCUT2D eigenvalue weighted by Gasteiger charge is -2.31. The van der Waals surface area contributed by atoms with Gasteiger partial charge in [-0.1, -0.05) is 6.07 Å². The highest BCUT2D eigenvalue weighted by Crippen LogP contribution is 2.16. The molecule has 2 heterocycles. The monoisotopic (exact) mass is 282 g/mol. The van der Waals surface area contributed by atoms with Gasteiger partial charge in [-0.3, -0.25) is 9.69 Å². The minimum atomic E-state index is 0.177. The van der Waals surface area contributed by atoms with Gasteiger partial charge in [0.25, 0.3) is 0 Å². The summed E-state index contributed by atoms with van der Waals surface area (Å²) in [4.78, 5) is 17.3. The SMILES string of the molecule is CN(Cc1cccs1)C(=O)CN1CCC(CO)CC1. The summed E-state index contributed by atoms with van der Waals surface area (Å²) in [5.74, 6) is 0.603. The molecule has 2 rings (SSSR count). The van der Waals surface area contributed by atoms with Crippen LogP contribution in [0.1, 0.15) is 17.7 Å². The van der Waals surface area contributed by atoms with Crippen LogP contribution in [0, 0.1) is 5.92 Å². The van der Waals surface area contributed by atoms with Crippen molar-refractivity contribution in [3.8, 4) is 0 Å². The largest absolute Gasteiger partial charge is 0.396 e. The summed E-state index contributed by atoms with van der Waals surface area (Å²) in [6.45, 7) is 3.32. The molecule has 0 aromatic carbocycles.